The number of carbonyl (C=O) groups is 3. The number of thioether (sulfide) groups is 1. The van der Waals surface area contributed by atoms with Crippen molar-refractivity contribution >= 4 is 45.9 Å². The molecule has 0 aromatic heterocycles. The number of carbonyl (C=O) groups excluding carboxylic acids is 3. The van der Waals surface area contributed by atoms with Gasteiger partial charge in [0.15, 0.2) is 0 Å². The van der Waals surface area contributed by atoms with Gasteiger partial charge in [-0.05, 0) is 31.2 Å². The van der Waals surface area contributed by atoms with Crippen molar-refractivity contribution in [1.29, 1.82) is 0 Å². The Morgan fingerprint density at radius 2 is 1.79 bits per heavy atom. The van der Waals surface area contributed by atoms with Crippen LogP contribution in [-0.2, 0) is 14.4 Å². The lowest BCUT2D eigenvalue weighted by Gasteiger charge is -2.09. The van der Waals surface area contributed by atoms with E-state index in [4.69, 9.17) is 0 Å². The van der Waals surface area contributed by atoms with Gasteiger partial charge in [0, 0.05) is 12.1 Å². The predicted octanol–water partition coefficient (Wildman–Crippen LogP) is 3.53. The summed E-state index contributed by atoms with van der Waals surface area (Å²) in [4.78, 5) is 40.1. The molecule has 0 radical (unpaired) electrons. The standard InChI is InChI=1S/C20H18FN3O3S/c1-12-6-8-13(9-7-12)22-18(26)11-19-24-20(27)16(28-19)10-17(25)23-15-5-3-2-4-14(15)21/h2-9,16H,10-11H2,1H3,(H,22,26)(H,23,25)/t16-/m1/s1. The number of hydrogen-bond acceptors (Lipinski definition) is 4. The number of nitrogens with one attached hydrogen (secondary N) is 2. The second-order valence-corrected chi connectivity index (χ2v) is 7.55. The van der Waals surface area contributed by atoms with Crippen LogP contribution in [-0.4, -0.2) is 28.0 Å². The fraction of sp³-hybridized carbons (Fsp3) is 0.200. The van der Waals surface area contributed by atoms with E-state index in [1.807, 2.05) is 19.1 Å². The van der Waals surface area contributed by atoms with E-state index in [0.29, 0.717) is 10.7 Å². The maximum atomic E-state index is 13.6. The smallest absolute Gasteiger partial charge is 0.260 e. The number of halogens is 1. The van der Waals surface area contributed by atoms with Gasteiger partial charge in [-0.1, -0.05) is 41.6 Å². The fourth-order valence-electron chi connectivity index (χ4n) is 2.56. The zero-order chi connectivity index (χ0) is 20.1. The van der Waals surface area contributed by atoms with Crippen molar-refractivity contribution in [3.05, 3.63) is 59.9 Å². The quantitative estimate of drug-likeness (QED) is 0.778. The molecule has 28 heavy (non-hydrogen) atoms. The number of para-hydroxylation sites is 1. The second-order valence-electron chi connectivity index (χ2n) is 6.27. The molecule has 2 aromatic carbocycles. The van der Waals surface area contributed by atoms with E-state index in [1.54, 1.807) is 18.2 Å². The van der Waals surface area contributed by atoms with Crippen LogP contribution in [0.15, 0.2) is 53.5 Å². The molecular formula is C20H18FN3O3S. The molecule has 3 rings (SSSR count). The number of rotatable bonds is 6. The highest BCUT2D eigenvalue weighted by Crippen LogP contribution is 2.27. The van der Waals surface area contributed by atoms with Gasteiger partial charge >= 0.3 is 0 Å². The molecule has 8 heteroatoms. The van der Waals surface area contributed by atoms with Crippen molar-refractivity contribution in [1.82, 2.24) is 0 Å². The van der Waals surface area contributed by atoms with E-state index in [1.165, 1.54) is 18.2 Å². The Morgan fingerprint density at radius 1 is 1.07 bits per heavy atom. The van der Waals surface area contributed by atoms with Crippen molar-refractivity contribution < 1.29 is 18.8 Å². The first-order valence-electron chi connectivity index (χ1n) is 8.59. The molecule has 0 aliphatic carbocycles. The van der Waals surface area contributed by atoms with Crippen molar-refractivity contribution in [3.8, 4) is 0 Å². The van der Waals surface area contributed by atoms with Gasteiger partial charge in [-0.3, -0.25) is 14.4 Å². The Hall–Kier alpha value is -3.00. The summed E-state index contributed by atoms with van der Waals surface area (Å²) in [6, 6.07) is 13.1. The minimum absolute atomic E-state index is 0.0459. The maximum Gasteiger partial charge on any atom is 0.260 e. The molecule has 1 aliphatic rings. The molecule has 0 spiro atoms. The molecule has 2 N–H and O–H groups in total. The summed E-state index contributed by atoms with van der Waals surface area (Å²) in [5.74, 6) is -1.80. The molecule has 6 nitrogen and oxygen atoms in total. The first-order valence-corrected chi connectivity index (χ1v) is 9.47. The summed E-state index contributed by atoms with van der Waals surface area (Å²) >= 11 is 1.09. The van der Waals surface area contributed by atoms with Crippen LogP contribution in [0.4, 0.5) is 15.8 Å². The summed E-state index contributed by atoms with van der Waals surface area (Å²) in [5, 5.41) is 4.83. The minimum atomic E-state index is -0.714. The molecule has 0 bridgehead atoms. The van der Waals surface area contributed by atoms with Crippen LogP contribution in [0, 0.1) is 12.7 Å². The Balaban J connectivity index is 1.50. The average molecular weight is 399 g/mol. The van der Waals surface area contributed by atoms with Crippen LogP contribution >= 0.6 is 11.8 Å². The van der Waals surface area contributed by atoms with Crippen LogP contribution < -0.4 is 10.6 Å². The highest BCUT2D eigenvalue weighted by molar-refractivity contribution is 8.15. The predicted molar refractivity (Wildman–Crippen MR) is 108 cm³/mol. The average Bonchev–Trinajstić information content (AvgIpc) is 2.97. The number of anilines is 2. The number of amides is 3. The third kappa shape index (κ3) is 5.26. The summed E-state index contributed by atoms with van der Waals surface area (Å²) in [6.07, 6.45) is -0.194. The number of nitrogens with zero attached hydrogens (tertiary/aromatic N) is 1. The van der Waals surface area contributed by atoms with Crippen LogP contribution in [0.25, 0.3) is 0 Å². The Bertz CT molecular complexity index is 944. The van der Waals surface area contributed by atoms with Gasteiger partial charge in [0.05, 0.1) is 17.2 Å². The van der Waals surface area contributed by atoms with E-state index in [2.05, 4.69) is 15.6 Å². The molecule has 1 aliphatic heterocycles. The third-order valence-corrected chi connectivity index (χ3v) is 5.11. The number of aliphatic imine (C=N–C) groups is 1. The number of benzene rings is 2. The molecule has 0 saturated carbocycles. The van der Waals surface area contributed by atoms with Crippen LogP contribution in [0.5, 0.6) is 0 Å². The molecule has 0 fully saturated rings. The van der Waals surface area contributed by atoms with Gasteiger partial charge in [0.25, 0.3) is 5.91 Å². The summed E-state index contributed by atoms with van der Waals surface area (Å²) in [6.45, 7) is 1.95. The van der Waals surface area contributed by atoms with E-state index >= 15 is 0 Å². The zero-order valence-corrected chi connectivity index (χ0v) is 15.9. The fourth-order valence-corrected chi connectivity index (χ4v) is 3.63. The van der Waals surface area contributed by atoms with Crippen molar-refractivity contribution in [2.75, 3.05) is 10.6 Å². The number of aryl methyl sites for hydroxylation is 1. The normalized spacial score (nSPS) is 15.9. The molecule has 0 saturated heterocycles. The van der Waals surface area contributed by atoms with E-state index in [9.17, 15) is 18.8 Å². The largest absolute Gasteiger partial charge is 0.326 e. The summed E-state index contributed by atoms with van der Waals surface area (Å²) in [7, 11) is 0. The van der Waals surface area contributed by atoms with Crippen molar-refractivity contribution in [3.63, 3.8) is 0 Å². The van der Waals surface area contributed by atoms with Gasteiger partial charge in [0.2, 0.25) is 11.8 Å². The third-order valence-electron chi connectivity index (χ3n) is 3.95. The molecule has 144 valence electrons. The molecule has 1 atom stereocenters. The maximum absolute atomic E-state index is 13.6. The van der Waals surface area contributed by atoms with E-state index in [-0.39, 0.29) is 24.4 Å². The van der Waals surface area contributed by atoms with Crippen LogP contribution in [0.2, 0.25) is 0 Å². The van der Waals surface area contributed by atoms with Gasteiger partial charge < -0.3 is 10.6 Å². The Morgan fingerprint density at radius 3 is 2.50 bits per heavy atom. The van der Waals surface area contributed by atoms with E-state index in [0.717, 1.165) is 17.3 Å². The lowest BCUT2D eigenvalue weighted by atomic mass is 10.2. The molecule has 0 unspecified atom stereocenters. The molecule has 3 amide bonds. The van der Waals surface area contributed by atoms with Crippen molar-refractivity contribution in [2.24, 2.45) is 4.99 Å². The van der Waals surface area contributed by atoms with Gasteiger partial charge in [-0.25, -0.2) is 9.38 Å². The molecule has 1 heterocycles. The Labute approximate surface area is 165 Å². The SMILES string of the molecule is Cc1ccc(NC(=O)CC2=NC(=O)[C@@H](CC(=O)Nc3ccccc3F)S2)cc1. The van der Waals surface area contributed by atoms with Crippen molar-refractivity contribution in [2.45, 2.75) is 25.0 Å². The highest BCUT2D eigenvalue weighted by atomic mass is 32.2. The van der Waals surface area contributed by atoms with Gasteiger partial charge in [0.1, 0.15) is 11.1 Å². The topological polar surface area (TPSA) is 87.6 Å². The highest BCUT2D eigenvalue weighted by Gasteiger charge is 2.31. The lowest BCUT2D eigenvalue weighted by molar-refractivity contribution is -0.121. The summed E-state index contributed by atoms with van der Waals surface area (Å²) < 4.78 is 13.6. The first kappa shape index (κ1) is 19.8. The lowest BCUT2D eigenvalue weighted by Crippen LogP contribution is -2.22. The van der Waals surface area contributed by atoms with Gasteiger partial charge in [-0.15, -0.1) is 0 Å². The number of hydrogen-bond donors (Lipinski definition) is 2. The molecule has 2 aromatic rings. The monoisotopic (exact) mass is 399 g/mol. The van der Waals surface area contributed by atoms with Crippen LogP contribution in [0.1, 0.15) is 18.4 Å². The summed E-state index contributed by atoms with van der Waals surface area (Å²) in [5.41, 5.74) is 1.80. The van der Waals surface area contributed by atoms with E-state index < -0.39 is 22.9 Å². The first-order chi connectivity index (χ1) is 13.4. The van der Waals surface area contributed by atoms with Gasteiger partial charge in [-0.2, -0.15) is 0 Å². The zero-order valence-electron chi connectivity index (χ0n) is 15.1. The second kappa shape index (κ2) is 8.79. The van der Waals surface area contributed by atoms with Crippen LogP contribution in [0.3, 0.4) is 0 Å². The Kier molecular flexibility index (Phi) is 6.20. The minimum Gasteiger partial charge on any atom is -0.326 e. The molecular weight excluding hydrogens is 381 g/mol.